The Kier molecular flexibility index (Phi) is 6.76. The van der Waals surface area contributed by atoms with E-state index in [2.05, 4.69) is 21.2 Å². The molecule has 3 rings (SSSR count). The van der Waals surface area contributed by atoms with Crippen molar-refractivity contribution >= 4 is 56.7 Å². The maximum Gasteiger partial charge on any atom is 0.311 e. The fraction of sp³-hybridized carbons (Fsp3) is 0.250. The van der Waals surface area contributed by atoms with E-state index in [9.17, 15) is 14.4 Å². The molecule has 1 saturated heterocycles. The van der Waals surface area contributed by atoms with Gasteiger partial charge in [0.05, 0.1) is 18.7 Å². The molecule has 152 valence electrons. The van der Waals surface area contributed by atoms with Gasteiger partial charge in [-0.05, 0) is 42.5 Å². The molecule has 1 aliphatic rings. The zero-order valence-corrected chi connectivity index (χ0v) is 17.8. The zero-order chi connectivity index (χ0) is 21.0. The Balaban J connectivity index is 1.54. The summed E-state index contributed by atoms with van der Waals surface area (Å²) in [5.41, 5.74) is 1.08. The monoisotopic (exact) mass is 480 g/mol. The lowest BCUT2D eigenvalue weighted by atomic mass is 10.1. The van der Waals surface area contributed by atoms with Gasteiger partial charge in [-0.25, -0.2) is 0 Å². The molecule has 0 spiro atoms. The molecule has 1 N–H and O–H groups in total. The quantitative estimate of drug-likeness (QED) is 0.637. The van der Waals surface area contributed by atoms with Crippen LogP contribution in [0.5, 0.6) is 5.75 Å². The summed E-state index contributed by atoms with van der Waals surface area (Å²) in [5, 5.41) is 3.02. The van der Waals surface area contributed by atoms with E-state index in [1.165, 1.54) is 18.1 Å². The number of hydrogen-bond donors (Lipinski definition) is 1. The van der Waals surface area contributed by atoms with Gasteiger partial charge in [-0.2, -0.15) is 0 Å². The largest absolute Gasteiger partial charge is 0.495 e. The highest BCUT2D eigenvalue weighted by atomic mass is 79.9. The summed E-state index contributed by atoms with van der Waals surface area (Å²) in [7, 11) is 1.47. The number of esters is 1. The molecule has 0 radical (unpaired) electrons. The second-order valence-corrected chi connectivity index (χ2v) is 7.73. The van der Waals surface area contributed by atoms with E-state index in [1.807, 2.05) is 12.1 Å². The Morgan fingerprint density at radius 1 is 1.24 bits per heavy atom. The van der Waals surface area contributed by atoms with Crippen molar-refractivity contribution < 1.29 is 23.9 Å². The highest BCUT2D eigenvalue weighted by Gasteiger charge is 2.36. The van der Waals surface area contributed by atoms with E-state index in [0.29, 0.717) is 22.1 Å². The number of ether oxygens (including phenoxy) is 2. The predicted molar refractivity (Wildman–Crippen MR) is 112 cm³/mol. The summed E-state index contributed by atoms with van der Waals surface area (Å²) in [5.74, 6) is -1.48. The molecule has 0 aromatic heterocycles. The van der Waals surface area contributed by atoms with Crippen LogP contribution in [-0.2, 0) is 19.1 Å². The van der Waals surface area contributed by atoms with Crippen LogP contribution in [0.3, 0.4) is 0 Å². The molecule has 2 amide bonds. The minimum absolute atomic E-state index is 0.0403. The fourth-order valence-electron chi connectivity index (χ4n) is 2.95. The molecule has 7 nitrogen and oxygen atoms in total. The summed E-state index contributed by atoms with van der Waals surface area (Å²) >= 11 is 9.27. The van der Waals surface area contributed by atoms with Crippen LogP contribution in [0, 0.1) is 5.92 Å². The van der Waals surface area contributed by atoms with Crippen LogP contribution in [0.2, 0.25) is 5.02 Å². The smallest absolute Gasteiger partial charge is 0.311 e. The topological polar surface area (TPSA) is 84.9 Å². The van der Waals surface area contributed by atoms with Crippen LogP contribution in [0.25, 0.3) is 0 Å². The molecule has 2 aromatic carbocycles. The zero-order valence-electron chi connectivity index (χ0n) is 15.5. The Hall–Kier alpha value is -2.58. The van der Waals surface area contributed by atoms with Gasteiger partial charge in [-0.15, -0.1) is 0 Å². The van der Waals surface area contributed by atoms with Crippen molar-refractivity contribution in [2.75, 3.05) is 30.5 Å². The van der Waals surface area contributed by atoms with Crippen molar-refractivity contribution in [2.45, 2.75) is 6.42 Å². The van der Waals surface area contributed by atoms with Gasteiger partial charge in [-0.1, -0.05) is 27.5 Å². The van der Waals surface area contributed by atoms with E-state index < -0.39 is 24.4 Å². The lowest BCUT2D eigenvalue weighted by molar-refractivity contribution is -0.151. The van der Waals surface area contributed by atoms with Crippen LogP contribution in [-0.4, -0.2) is 38.0 Å². The number of benzene rings is 2. The Morgan fingerprint density at radius 2 is 1.97 bits per heavy atom. The number of methoxy groups -OCH3 is 1. The predicted octanol–water partition coefficient (Wildman–Crippen LogP) is 3.65. The van der Waals surface area contributed by atoms with Gasteiger partial charge >= 0.3 is 5.97 Å². The van der Waals surface area contributed by atoms with Crippen molar-refractivity contribution in [3.63, 3.8) is 0 Å². The summed E-state index contributed by atoms with van der Waals surface area (Å²) < 4.78 is 11.2. The first-order valence-corrected chi connectivity index (χ1v) is 9.90. The van der Waals surface area contributed by atoms with Crippen LogP contribution >= 0.6 is 27.5 Å². The summed E-state index contributed by atoms with van der Waals surface area (Å²) in [6.45, 7) is -0.263. The molecule has 29 heavy (non-hydrogen) atoms. The first-order chi connectivity index (χ1) is 13.9. The highest BCUT2D eigenvalue weighted by Crippen LogP contribution is 2.28. The molecule has 1 aliphatic heterocycles. The maximum atomic E-state index is 12.3. The van der Waals surface area contributed by atoms with Gasteiger partial charge in [0.1, 0.15) is 5.75 Å². The molecule has 1 fully saturated rings. The Morgan fingerprint density at radius 3 is 2.66 bits per heavy atom. The minimum Gasteiger partial charge on any atom is -0.495 e. The number of carbonyl (C=O) groups excluding carboxylic acids is 3. The van der Waals surface area contributed by atoms with E-state index in [1.54, 1.807) is 24.3 Å². The molecule has 2 aromatic rings. The van der Waals surface area contributed by atoms with Crippen molar-refractivity contribution in [2.24, 2.45) is 5.92 Å². The van der Waals surface area contributed by atoms with E-state index in [0.717, 1.165) is 4.47 Å². The number of nitrogens with zero attached hydrogens (tertiary/aromatic N) is 1. The maximum absolute atomic E-state index is 12.3. The second-order valence-electron chi connectivity index (χ2n) is 6.38. The third kappa shape index (κ3) is 5.27. The van der Waals surface area contributed by atoms with Crippen LogP contribution in [0.1, 0.15) is 6.42 Å². The van der Waals surface area contributed by atoms with E-state index >= 15 is 0 Å². The summed E-state index contributed by atoms with van der Waals surface area (Å²) in [6.07, 6.45) is 0.0403. The van der Waals surface area contributed by atoms with Crippen LogP contribution < -0.4 is 15.0 Å². The normalized spacial score (nSPS) is 15.9. The average molecular weight is 482 g/mol. The second kappa shape index (κ2) is 9.28. The third-order valence-corrected chi connectivity index (χ3v) is 5.14. The number of carbonyl (C=O) groups is 3. The minimum atomic E-state index is -0.625. The van der Waals surface area contributed by atoms with E-state index in [4.69, 9.17) is 21.1 Å². The van der Waals surface area contributed by atoms with Gasteiger partial charge in [0.15, 0.2) is 6.61 Å². The van der Waals surface area contributed by atoms with Gasteiger partial charge in [-0.3, -0.25) is 14.4 Å². The number of anilines is 2. The van der Waals surface area contributed by atoms with Gasteiger partial charge in [0, 0.05) is 28.1 Å². The number of rotatable bonds is 6. The SMILES string of the molecule is COc1ccc(Cl)cc1NC(=O)COC(=O)[C@@H]1CC(=O)N(c2ccc(Br)cc2)C1. The first-order valence-electron chi connectivity index (χ1n) is 8.73. The average Bonchev–Trinajstić information content (AvgIpc) is 3.09. The number of halogens is 2. The van der Waals surface area contributed by atoms with Crippen LogP contribution in [0.15, 0.2) is 46.9 Å². The Labute approximate surface area is 181 Å². The van der Waals surface area contributed by atoms with Gasteiger partial charge < -0.3 is 19.7 Å². The molecular formula is C20H18BrClN2O5. The van der Waals surface area contributed by atoms with Crippen molar-refractivity contribution in [1.82, 2.24) is 0 Å². The van der Waals surface area contributed by atoms with Crippen molar-refractivity contribution in [1.29, 1.82) is 0 Å². The molecule has 1 atom stereocenters. The molecule has 9 heteroatoms. The molecule has 0 saturated carbocycles. The molecule has 0 aliphatic carbocycles. The Bertz CT molecular complexity index is 935. The van der Waals surface area contributed by atoms with E-state index in [-0.39, 0.29) is 18.9 Å². The van der Waals surface area contributed by atoms with Crippen molar-refractivity contribution in [3.8, 4) is 5.75 Å². The molecular weight excluding hydrogens is 464 g/mol. The molecule has 0 unspecified atom stereocenters. The van der Waals surface area contributed by atoms with Gasteiger partial charge in [0.25, 0.3) is 5.91 Å². The standard InChI is InChI=1S/C20H18BrClN2O5/c1-28-17-7-4-14(22)9-16(17)23-18(25)11-29-20(27)12-8-19(26)24(10-12)15-5-2-13(21)3-6-15/h2-7,9,12H,8,10-11H2,1H3,(H,23,25)/t12-/m1/s1. The highest BCUT2D eigenvalue weighted by molar-refractivity contribution is 9.10. The first kappa shape index (κ1) is 21.1. The number of hydrogen-bond acceptors (Lipinski definition) is 5. The number of nitrogens with one attached hydrogen (secondary N) is 1. The van der Waals surface area contributed by atoms with Crippen LogP contribution in [0.4, 0.5) is 11.4 Å². The lowest BCUT2D eigenvalue weighted by Gasteiger charge is -2.16. The van der Waals surface area contributed by atoms with Gasteiger partial charge in [0.2, 0.25) is 5.91 Å². The third-order valence-electron chi connectivity index (χ3n) is 4.38. The summed E-state index contributed by atoms with van der Waals surface area (Å²) in [4.78, 5) is 38.2. The number of amides is 2. The molecule has 1 heterocycles. The van der Waals surface area contributed by atoms with Crippen molar-refractivity contribution in [3.05, 3.63) is 52.0 Å². The summed E-state index contributed by atoms with van der Waals surface area (Å²) in [6, 6.07) is 12.0. The lowest BCUT2D eigenvalue weighted by Crippen LogP contribution is -2.28. The molecule has 0 bridgehead atoms. The fourth-order valence-corrected chi connectivity index (χ4v) is 3.39.